The number of nitrogens with zero attached hydrogens (tertiary/aromatic N) is 1. The van der Waals surface area contributed by atoms with Gasteiger partial charge in [0.05, 0.1) is 6.26 Å². The third-order valence-corrected chi connectivity index (χ3v) is 3.08. The van der Waals surface area contributed by atoms with Crippen molar-refractivity contribution in [3.8, 4) is 0 Å². The van der Waals surface area contributed by atoms with Crippen molar-refractivity contribution in [1.29, 1.82) is 0 Å². The van der Waals surface area contributed by atoms with Gasteiger partial charge < -0.3 is 10.6 Å². The molecular weight excluding hydrogens is 240 g/mol. The number of rotatable bonds is 5. The quantitative estimate of drug-likeness (QED) is 0.267. The number of hydrogen-bond donors (Lipinski definition) is 3. The molecule has 0 amide bonds. The molecule has 0 aromatic carbocycles. The van der Waals surface area contributed by atoms with Gasteiger partial charge in [-0.1, -0.05) is 12.2 Å². The van der Waals surface area contributed by atoms with Crippen molar-refractivity contribution in [3.05, 3.63) is 12.2 Å². The minimum absolute atomic E-state index is 0.350. The Morgan fingerprint density at radius 1 is 1.35 bits per heavy atom. The Kier molecular flexibility index (Phi) is 5.43. The standard InChI is InChI=1S/C10H20N4O2S/c1-11-10(14-9-5-3-4-6-9)12-7-8-13-17(2,15)16/h3-4,9,13H,5-8H2,1-2H3,(H2,11,12,14). The van der Waals surface area contributed by atoms with Crippen molar-refractivity contribution < 1.29 is 8.42 Å². The number of sulfonamides is 1. The van der Waals surface area contributed by atoms with Crippen molar-refractivity contribution in [3.63, 3.8) is 0 Å². The monoisotopic (exact) mass is 260 g/mol. The molecular formula is C10H20N4O2S. The number of aliphatic imine (C=N–C) groups is 1. The first kappa shape index (κ1) is 14.0. The second-order valence-corrected chi connectivity index (χ2v) is 5.78. The lowest BCUT2D eigenvalue weighted by Crippen LogP contribution is -2.44. The van der Waals surface area contributed by atoms with Gasteiger partial charge in [0.2, 0.25) is 10.0 Å². The Hall–Kier alpha value is -1.08. The Balaban J connectivity index is 2.19. The molecule has 0 aromatic heterocycles. The molecule has 0 bridgehead atoms. The van der Waals surface area contributed by atoms with Gasteiger partial charge >= 0.3 is 0 Å². The lowest BCUT2D eigenvalue weighted by atomic mass is 10.2. The number of nitrogens with one attached hydrogen (secondary N) is 3. The predicted molar refractivity (Wildman–Crippen MR) is 69.5 cm³/mol. The van der Waals surface area contributed by atoms with Gasteiger partial charge in [-0.15, -0.1) is 0 Å². The van der Waals surface area contributed by atoms with Gasteiger partial charge in [0.25, 0.3) is 0 Å². The molecule has 6 nitrogen and oxygen atoms in total. The van der Waals surface area contributed by atoms with E-state index in [1.54, 1.807) is 7.05 Å². The SMILES string of the molecule is CN=C(NCCNS(C)(=O)=O)NC1CC=CC1. The zero-order valence-corrected chi connectivity index (χ0v) is 11.0. The van der Waals surface area contributed by atoms with E-state index in [0.29, 0.717) is 25.1 Å². The van der Waals surface area contributed by atoms with E-state index in [-0.39, 0.29) is 0 Å². The van der Waals surface area contributed by atoms with Gasteiger partial charge in [-0.05, 0) is 12.8 Å². The van der Waals surface area contributed by atoms with Crippen molar-refractivity contribution >= 4 is 16.0 Å². The molecule has 17 heavy (non-hydrogen) atoms. The predicted octanol–water partition coefficient (Wildman–Crippen LogP) is -0.581. The normalized spacial score (nSPS) is 17.4. The van der Waals surface area contributed by atoms with E-state index in [1.807, 2.05) is 0 Å². The molecule has 0 atom stereocenters. The third-order valence-electron chi connectivity index (χ3n) is 2.35. The lowest BCUT2D eigenvalue weighted by Gasteiger charge is -2.16. The largest absolute Gasteiger partial charge is 0.355 e. The summed E-state index contributed by atoms with van der Waals surface area (Å²) >= 11 is 0. The maximum atomic E-state index is 10.8. The fourth-order valence-corrected chi connectivity index (χ4v) is 2.01. The van der Waals surface area contributed by atoms with Crippen LogP contribution in [-0.2, 0) is 10.0 Å². The number of hydrogen-bond acceptors (Lipinski definition) is 3. The molecule has 0 heterocycles. The average Bonchev–Trinajstić information content (AvgIpc) is 2.73. The topological polar surface area (TPSA) is 82.6 Å². The summed E-state index contributed by atoms with van der Waals surface area (Å²) < 4.78 is 24.1. The van der Waals surface area contributed by atoms with E-state index in [0.717, 1.165) is 19.1 Å². The van der Waals surface area contributed by atoms with Gasteiger partial charge in [-0.25, -0.2) is 13.1 Å². The molecule has 0 fully saturated rings. The Morgan fingerprint density at radius 2 is 2.00 bits per heavy atom. The molecule has 7 heteroatoms. The minimum Gasteiger partial charge on any atom is -0.355 e. The van der Waals surface area contributed by atoms with Crippen LogP contribution in [0.3, 0.4) is 0 Å². The Morgan fingerprint density at radius 3 is 2.53 bits per heavy atom. The average molecular weight is 260 g/mol. The maximum absolute atomic E-state index is 10.8. The fraction of sp³-hybridized carbons (Fsp3) is 0.700. The van der Waals surface area contributed by atoms with Crippen molar-refractivity contribution in [1.82, 2.24) is 15.4 Å². The van der Waals surface area contributed by atoms with E-state index < -0.39 is 10.0 Å². The number of guanidine groups is 1. The summed E-state index contributed by atoms with van der Waals surface area (Å²) in [4.78, 5) is 4.07. The molecule has 0 aliphatic heterocycles. The summed E-state index contributed by atoms with van der Waals surface area (Å²) in [6.07, 6.45) is 7.42. The molecule has 0 radical (unpaired) electrons. The smallest absolute Gasteiger partial charge is 0.208 e. The molecule has 0 unspecified atom stereocenters. The van der Waals surface area contributed by atoms with Crippen LogP contribution in [0.5, 0.6) is 0 Å². The fourth-order valence-electron chi connectivity index (χ4n) is 1.54. The Bertz CT molecular complexity index is 381. The molecule has 0 saturated carbocycles. The van der Waals surface area contributed by atoms with Crippen LogP contribution in [0.4, 0.5) is 0 Å². The molecule has 3 N–H and O–H groups in total. The highest BCUT2D eigenvalue weighted by Gasteiger charge is 2.11. The zero-order chi connectivity index (χ0) is 12.7. The summed E-state index contributed by atoms with van der Waals surface area (Å²) in [6.45, 7) is 0.856. The van der Waals surface area contributed by atoms with E-state index in [4.69, 9.17) is 0 Å². The van der Waals surface area contributed by atoms with Gasteiger partial charge in [-0.2, -0.15) is 0 Å². The van der Waals surface area contributed by atoms with Crippen LogP contribution in [0.2, 0.25) is 0 Å². The molecule has 0 saturated heterocycles. The van der Waals surface area contributed by atoms with E-state index in [2.05, 4.69) is 32.5 Å². The van der Waals surface area contributed by atoms with E-state index in [1.165, 1.54) is 0 Å². The third kappa shape index (κ3) is 6.28. The van der Waals surface area contributed by atoms with Crippen LogP contribution < -0.4 is 15.4 Å². The van der Waals surface area contributed by atoms with Crippen LogP contribution >= 0.6 is 0 Å². The first-order valence-electron chi connectivity index (χ1n) is 5.58. The molecule has 98 valence electrons. The van der Waals surface area contributed by atoms with Gasteiger partial charge in [0, 0.05) is 26.2 Å². The summed E-state index contributed by atoms with van der Waals surface area (Å²) in [6, 6.07) is 0.393. The molecule has 1 aliphatic carbocycles. The van der Waals surface area contributed by atoms with Crippen molar-refractivity contribution in [2.75, 3.05) is 26.4 Å². The lowest BCUT2D eigenvalue weighted by molar-refractivity contribution is 0.585. The molecule has 1 rings (SSSR count). The highest BCUT2D eigenvalue weighted by Crippen LogP contribution is 2.08. The second-order valence-electron chi connectivity index (χ2n) is 3.95. The highest BCUT2D eigenvalue weighted by molar-refractivity contribution is 7.88. The summed E-state index contributed by atoms with van der Waals surface area (Å²) in [5.41, 5.74) is 0. The minimum atomic E-state index is -3.11. The van der Waals surface area contributed by atoms with Crippen molar-refractivity contribution in [2.24, 2.45) is 4.99 Å². The zero-order valence-electron chi connectivity index (χ0n) is 10.2. The molecule has 0 spiro atoms. The first-order chi connectivity index (χ1) is 8.01. The van der Waals surface area contributed by atoms with E-state index in [9.17, 15) is 8.42 Å². The van der Waals surface area contributed by atoms with Gasteiger partial charge in [0.15, 0.2) is 5.96 Å². The van der Waals surface area contributed by atoms with Crippen LogP contribution in [0.25, 0.3) is 0 Å². The molecule has 0 aromatic rings. The van der Waals surface area contributed by atoms with Crippen LogP contribution in [0.15, 0.2) is 17.1 Å². The summed E-state index contributed by atoms with van der Waals surface area (Å²) in [7, 11) is -1.42. The van der Waals surface area contributed by atoms with Crippen molar-refractivity contribution in [2.45, 2.75) is 18.9 Å². The first-order valence-corrected chi connectivity index (χ1v) is 7.47. The van der Waals surface area contributed by atoms with Gasteiger partial charge in [0.1, 0.15) is 0 Å². The summed E-state index contributed by atoms with van der Waals surface area (Å²) in [5.74, 6) is 0.703. The highest BCUT2D eigenvalue weighted by atomic mass is 32.2. The molecule has 1 aliphatic rings. The maximum Gasteiger partial charge on any atom is 0.208 e. The van der Waals surface area contributed by atoms with Crippen LogP contribution in [0.1, 0.15) is 12.8 Å². The van der Waals surface area contributed by atoms with E-state index >= 15 is 0 Å². The van der Waals surface area contributed by atoms with Crippen LogP contribution in [0, 0.1) is 0 Å². The second kappa shape index (κ2) is 6.61. The van der Waals surface area contributed by atoms with Gasteiger partial charge in [-0.3, -0.25) is 4.99 Å². The summed E-state index contributed by atoms with van der Waals surface area (Å²) in [5, 5.41) is 6.32. The van der Waals surface area contributed by atoms with Crippen LogP contribution in [-0.4, -0.2) is 46.8 Å². The Labute approximate surface area is 103 Å².